The van der Waals surface area contributed by atoms with Crippen molar-refractivity contribution in [3.05, 3.63) is 109 Å². The average Bonchev–Trinajstić information content (AvgIpc) is 2.88. The van der Waals surface area contributed by atoms with E-state index >= 15 is 0 Å². The van der Waals surface area contributed by atoms with Gasteiger partial charge in [0.2, 0.25) is 0 Å². The van der Waals surface area contributed by atoms with Crippen molar-refractivity contribution in [2.24, 2.45) is 0 Å². The number of phenolic OH excluding ortho intramolecular Hbond substituents is 2. The molecule has 1 atom stereocenters. The largest absolute Gasteiger partial charge is 0.508 e. The Morgan fingerprint density at radius 3 is 2.15 bits per heavy atom. The molecule has 0 amide bonds. The molecule has 0 heterocycles. The van der Waals surface area contributed by atoms with Gasteiger partial charge in [0.05, 0.1) is 22.5 Å². The van der Waals surface area contributed by atoms with Crippen molar-refractivity contribution in [1.29, 1.82) is 0 Å². The van der Waals surface area contributed by atoms with Crippen LogP contribution in [0.1, 0.15) is 59.1 Å². The van der Waals surface area contributed by atoms with Crippen molar-refractivity contribution in [1.82, 2.24) is 0 Å². The highest BCUT2D eigenvalue weighted by Crippen LogP contribution is 2.48. The summed E-state index contributed by atoms with van der Waals surface area (Å²) in [6, 6.07) is 19.7. The van der Waals surface area contributed by atoms with Crippen LogP contribution in [0.3, 0.4) is 0 Å². The number of hydrogen-bond donors (Lipinski definition) is 3. The molecule has 4 rings (SSSR count). The van der Waals surface area contributed by atoms with Crippen molar-refractivity contribution in [2.45, 2.75) is 39.0 Å². The van der Waals surface area contributed by atoms with Gasteiger partial charge >= 0.3 is 5.97 Å². The summed E-state index contributed by atoms with van der Waals surface area (Å²) < 4.78 is 13.6. The van der Waals surface area contributed by atoms with Crippen LogP contribution in [0.5, 0.6) is 28.7 Å². The molecule has 0 aliphatic carbocycles. The van der Waals surface area contributed by atoms with Gasteiger partial charge in [-0.25, -0.2) is 0 Å². The third-order valence-electron chi connectivity index (χ3n) is 6.62. The quantitative estimate of drug-likeness (QED) is 0.122. The molecule has 0 fully saturated rings. The maximum atomic E-state index is 11.3. The summed E-state index contributed by atoms with van der Waals surface area (Å²) in [6.07, 6.45) is -0.130. The minimum Gasteiger partial charge on any atom is -0.508 e. The summed E-state index contributed by atoms with van der Waals surface area (Å²) in [5.74, 6) is 0.372. The maximum absolute atomic E-state index is 11.3. The van der Waals surface area contributed by atoms with Gasteiger partial charge in [-0.2, -0.15) is 0 Å². The van der Waals surface area contributed by atoms with Crippen LogP contribution in [-0.4, -0.2) is 28.4 Å². The lowest BCUT2D eigenvalue weighted by Gasteiger charge is -2.26. The first-order valence-electron chi connectivity index (χ1n) is 12.7. The van der Waals surface area contributed by atoms with E-state index < -0.39 is 11.9 Å². The van der Waals surface area contributed by atoms with Gasteiger partial charge in [-0.15, -0.1) is 0 Å². The number of rotatable bonds is 9. The Morgan fingerprint density at radius 1 is 0.875 bits per heavy atom. The van der Waals surface area contributed by atoms with Gasteiger partial charge in [0.15, 0.2) is 5.75 Å². The van der Waals surface area contributed by atoms with Gasteiger partial charge in [0.25, 0.3) is 0 Å². The number of aryl methyl sites for hydroxylation is 1. The third-order valence-corrected chi connectivity index (χ3v) is 7.80. The standard InChI is InChI=1S/C32H30Br2O6/c1-17(2)22-15-29(40-32-25(33)11-19(12-26(32)34)13-30(37)38)24(16-28(22)39-4)31(20-7-5-6-18(3)10-20)23-14-21(35)8-9-27(23)36/h5-12,14-17,31,35-36H,13H2,1-4H3,(H,37,38). The smallest absolute Gasteiger partial charge is 0.307 e. The second-order valence-electron chi connectivity index (χ2n) is 9.94. The molecule has 6 nitrogen and oxygen atoms in total. The van der Waals surface area contributed by atoms with Crippen LogP contribution in [-0.2, 0) is 11.2 Å². The fourth-order valence-electron chi connectivity index (χ4n) is 4.78. The number of carboxylic acids is 1. The molecule has 4 aromatic carbocycles. The van der Waals surface area contributed by atoms with Crippen molar-refractivity contribution >= 4 is 37.8 Å². The van der Waals surface area contributed by atoms with Crippen molar-refractivity contribution in [3.8, 4) is 28.7 Å². The zero-order valence-electron chi connectivity index (χ0n) is 22.5. The zero-order chi connectivity index (χ0) is 29.1. The number of carboxylic acid groups (broad SMARTS) is 1. The summed E-state index contributed by atoms with van der Waals surface area (Å²) in [7, 11) is 1.62. The summed E-state index contributed by atoms with van der Waals surface area (Å²) in [6.45, 7) is 6.12. The Labute approximate surface area is 250 Å². The Bertz CT molecular complexity index is 1540. The van der Waals surface area contributed by atoms with Crippen LogP contribution in [0.4, 0.5) is 0 Å². The molecule has 0 aliphatic heterocycles. The molecule has 1 unspecified atom stereocenters. The molecule has 4 aromatic rings. The van der Waals surface area contributed by atoms with Crippen molar-refractivity contribution in [2.75, 3.05) is 7.11 Å². The first-order valence-corrected chi connectivity index (χ1v) is 14.2. The van der Waals surface area contributed by atoms with E-state index in [1.165, 1.54) is 12.1 Å². The molecule has 208 valence electrons. The number of aromatic hydroxyl groups is 2. The number of ether oxygens (including phenoxy) is 2. The lowest BCUT2D eigenvalue weighted by Crippen LogP contribution is -2.08. The van der Waals surface area contributed by atoms with Crippen LogP contribution in [0.15, 0.2) is 75.7 Å². The molecule has 0 radical (unpaired) electrons. The van der Waals surface area contributed by atoms with Gasteiger partial charge in [0.1, 0.15) is 23.0 Å². The van der Waals surface area contributed by atoms with E-state index in [2.05, 4.69) is 45.7 Å². The Hall–Kier alpha value is -3.49. The van der Waals surface area contributed by atoms with Crippen LogP contribution < -0.4 is 9.47 Å². The summed E-state index contributed by atoms with van der Waals surface area (Å²) in [5.41, 5.74) is 4.68. The van der Waals surface area contributed by atoms with Crippen molar-refractivity contribution < 1.29 is 29.6 Å². The first-order chi connectivity index (χ1) is 19.0. The molecular weight excluding hydrogens is 640 g/mol. The number of carbonyl (C=O) groups is 1. The summed E-state index contributed by atoms with van der Waals surface area (Å²) >= 11 is 7.11. The van der Waals surface area contributed by atoms with Gasteiger partial charge in [-0.1, -0.05) is 43.7 Å². The van der Waals surface area contributed by atoms with Crippen LogP contribution in [0.2, 0.25) is 0 Å². The maximum Gasteiger partial charge on any atom is 0.307 e. The number of phenols is 2. The van der Waals surface area contributed by atoms with E-state index in [9.17, 15) is 20.1 Å². The second kappa shape index (κ2) is 12.4. The fraction of sp³-hybridized carbons (Fsp3) is 0.219. The lowest BCUT2D eigenvalue weighted by atomic mass is 9.82. The lowest BCUT2D eigenvalue weighted by molar-refractivity contribution is -0.136. The van der Waals surface area contributed by atoms with Gasteiger partial charge in [-0.05, 0) is 98.3 Å². The van der Waals surface area contributed by atoms with E-state index in [0.717, 1.165) is 16.7 Å². The van der Waals surface area contributed by atoms with Gasteiger partial charge in [-0.3, -0.25) is 4.79 Å². The predicted octanol–water partition coefficient (Wildman–Crippen LogP) is 8.66. The first kappa shape index (κ1) is 29.5. The fourth-order valence-corrected chi connectivity index (χ4v) is 6.22. The normalized spacial score (nSPS) is 11.9. The molecule has 0 saturated heterocycles. The molecule has 0 saturated carbocycles. The SMILES string of the molecule is COc1cc(C(c2cccc(C)c2)c2cc(O)ccc2O)c(Oc2c(Br)cc(CC(=O)O)cc2Br)cc1C(C)C. The summed E-state index contributed by atoms with van der Waals surface area (Å²) in [5, 5.41) is 30.6. The highest BCUT2D eigenvalue weighted by atomic mass is 79.9. The molecule has 40 heavy (non-hydrogen) atoms. The van der Waals surface area contributed by atoms with Crippen LogP contribution >= 0.6 is 31.9 Å². The van der Waals surface area contributed by atoms with Gasteiger partial charge in [0, 0.05) is 22.6 Å². The molecule has 0 aliphatic rings. The Balaban J connectivity index is 2.00. The van der Waals surface area contributed by atoms with E-state index in [1.807, 2.05) is 43.3 Å². The minimum atomic E-state index is -0.932. The highest BCUT2D eigenvalue weighted by molar-refractivity contribution is 9.11. The van der Waals surface area contributed by atoms with Crippen LogP contribution in [0, 0.1) is 6.92 Å². The number of hydrogen-bond acceptors (Lipinski definition) is 5. The molecule has 0 bridgehead atoms. The molecule has 8 heteroatoms. The molecular formula is C32H30Br2O6. The number of aliphatic carboxylic acids is 1. The monoisotopic (exact) mass is 668 g/mol. The average molecular weight is 670 g/mol. The van der Waals surface area contributed by atoms with E-state index in [0.29, 0.717) is 42.9 Å². The highest BCUT2D eigenvalue weighted by Gasteiger charge is 2.28. The van der Waals surface area contributed by atoms with Gasteiger partial charge < -0.3 is 24.8 Å². The Morgan fingerprint density at radius 2 is 1.55 bits per heavy atom. The van der Waals surface area contributed by atoms with Crippen molar-refractivity contribution in [3.63, 3.8) is 0 Å². The topological polar surface area (TPSA) is 96.2 Å². The third kappa shape index (κ3) is 6.45. The second-order valence-corrected chi connectivity index (χ2v) is 11.6. The molecule has 3 N–H and O–H groups in total. The number of halogens is 2. The predicted molar refractivity (Wildman–Crippen MR) is 162 cm³/mol. The molecule has 0 aromatic heterocycles. The van der Waals surface area contributed by atoms with E-state index in [1.54, 1.807) is 25.3 Å². The van der Waals surface area contributed by atoms with Crippen LogP contribution in [0.25, 0.3) is 0 Å². The van der Waals surface area contributed by atoms with E-state index in [4.69, 9.17) is 9.47 Å². The Kier molecular flexibility index (Phi) is 9.11. The zero-order valence-corrected chi connectivity index (χ0v) is 25.7. The summed E-state index contributed by atoms with van der Waals surface area (Å²) in [4.78, 5) is 11.3. The minimum absolute atomic E-state index is 0.0261. The number of methoxy groups -OCH3 is 1. The van der Waals surface area contributed by atoms with E-state index in [-0.39, 0.29) is 23.8 Å². The number of benzene rings is 4. The molecule has 0 spiro atoms.